The smallest absolute Gasteiger partial charge is 0.0810 e. The Bertz CT molecular complexity index is 185. The van der Waals surface area contributed by atoms with Crippen molar-refractivity contribution in [2.24, 2.45) is 5.92 Å². The van der Waals surface area contributed by atoms with Crippen molar-refractivity contribution in [1.29, 1.82) is 0 Å². The molecule has 0 saturated heterocycles. The van der Waals surface area contributed by atoms with Crippen LogP contribution >= 0.6 is 0 Å². The van der Waals surface area contributed by atoms with Gasteiger partial charge in [-0.2, -0.15) is 0 Å². The van der Waals surface area contributed by atoms with E-state index in [0.29, 0.717) is 12.0 Å². The van der Waals surface area contributed by atoms with Crippen LogP contribution in [0.5, 0.6) is 0 Å². The minimum atomic E-state index is 0.123. The molecule has 1 rings (SSSR count). The van der Waals surface area contributed by atoms with Crippen molar-refractivity contribution >= 4 is 0 Å². The second-order valence-corrected chi connectivity index (χ2v) is 5.59. The summed E-state index contributed by atoms with van der Waals surface area (Å²) < 4.78 is 6.38. The monoisotopic (exact) mass is 227 g/mol. The highest BCUT2D eigenvalue weighted by Crippen LogP contribution is 2.33. The lowest BCUT2D eigenvalue weighted by Crippen LogP contribution is -2.47. The first-order valence-electron chi connectivity index (χ1n) is 6.98. The molecule has 1 unspecified atom stereocenters. The van der Waals surface area contributed by atoms with E-state index in [4.69, 9.17) is 4.74 Å². The Morgan fingerprint density at radius 2 is 1.75 bits per heavy atom. The molecule has 16 heavy (non-hydrogen) atoms. The molecule has 1 aliphatic carbocycles. The summed E-state index contributed by atoms with van der Waals surface area (Å²) in [6.45, 7) is 10.9. The Labute approximate surface area is 101 Å². The second-order valence-electron chi connectivity index (χ2n) is 5.59. The lowest BCUT2D eigenvalue weighted by molar-refractivity contribution is -0.119. The lowest BCUT2D eigenvalue weighted by Gasteiger charge is -2.40. The molecular weight excluding hydrogens is 198 g/mol. The van der Waals surface area contributed by atoms with Crippen LogP contribution in [0, 0.1) is 5.92 Å². The summed E-state index contributed by atoms with van der Waals surface area (Å²) in [5, 5.41) is 3.48. The third kappa shape index (κ3) is 4.06. The molecule has 1 fully saturated rings. The normalized spacial score (nSPS) is 22.3. The Hall–Kier alpha value is -0.0800. The maximum absolute atomic E-state index is 6.38. The van der Waals surface area contributed by atoms with Crippen molar-refractivity contribution in [3.63, 3.8) is 0 Å². The summed E-state index contributed by atoms with van der Waals surface area (Å²) in [4.78, 5) is 0. The number of nitrogens with one attached hydrogen (secondary N) is 1. The van der Waals surface area contributed by atoms with Gasteiger partial charge in [-0.3, -0.25) is 0 Å². The maximum atomic E-state index is 6.38. The number of hydrogen-bond donors (Lipinski definition) is 1. The fourth-order valence-electron chi connectivity index (χ4n) is 2.42. The maximum Gasteiger partial charge on any atom is 0.0810 e. The Balaban J connectivity index is 2.54. The third-order valence-corrected chi connectivity index (χ3v) is 3.84. The van der Waals surface area contributed by atoms with Crippen molar-refractivity contribution < 1.29 is 4.74 Å². The van der Waals surface area contributed by atoms with Crippen LogP contribution in [0.1, 0.15) is 59.8 Å². The largest absolute Gasteiger partial charge is 0.370 e. The van der Waals surface area contributed by atoms with Crippen molar-refractivity contribution in [3.05, 3.63) is 0 Å². The molecule has 2 heteroatoms. The molecule has 1 saturated carbocycles. The van der Waals surface area contributed by atoms with Gasteiger partial charge in [-0.05, 0) is 32.2 Å². The van der Waals surface area contributed by atoms with Crippen LogP contribution in [0.4, 0.5) is 0 Å². The van der Waals surface area contributed by atoms with E-state index in [1.807, 2.05) is 0 Å². The molecule has 0 aliphatic heterocycles. The third-order valence-electron chi connectivity index (χ3n) is 3.84. The molecule has 0 bridgehead atoms. The van der Waals surface area contributed by atoms with Gasteiger partial charge in [0.1, 0.15) is 0 Å². The van der Waals surface area contributed by atoms with E-state index in [1.54, 1.807) is 0 Å². The van der Waals surface area contributed by atoms with E-state index in [2.05, 4.69) is 33.0 Å². The number of ether oxygens (including phenoxy) is 1. The van der Waals surface area contributed by atoms with Gasteiger partial charge in [0.25, 0.3) is 0 Å². The molecule has 2 nitrogen and oxygen atoms in total. The minimum Gasteiger partial charge on any atom is -0.370 e. The van der Waals surface area contributed by atoms with Crippen LogP contribution in [0.3, 0.4) is 0 Å². The molecule has 0 aromatic rings. The summed E-state index contributed by atoms with van der Waals surface area (Å²) in [5.41, 5.74) is 0.123. The van der Waals surface area contributed by atoms with Crippen molar-refractivity contribution in [2.75, 3.05) is 13.1 Å². The fourth-order valence-corrected chi connectivity index (χ4v) is 2.42. The zero-order chi connectivity index (χ0) is 12.0. The highest BCUT2D eigenvalue weighted by Gasteiger charge is 2.34. The molecule has 0 radical (unpaired) electrons. The molecular formula is C14H29NO. The van der Waals surface area contributed by atoms with Gasteiger partial charge >= 0.3 is 0 Å². The van der Waals surface area contributed by atoms with Crippen LogP contribution < -0.4 is 5.32 Å². The van der Waals surface area contributed by atoms with Crippen molar-refractivity contribution in [1.82, 2.24) is 5.32 Å². The van der Waals surface area contributed by atoms with Gasteiger partial charge in [-0.1, -0.05) is 40.0 Å². The van der Waals surface area contributed by atoms with Crippen molar-refractivity contribution in [2.45, 2.75) is 71.5 Å². The Morgan fingerprint density at radius 3 is 2.25 bits per heavy atom. The zero-order valence-electron chi connectivity index (χ0n) is 11.5. The molecule has 1 aliphatic rings. The van der Waals surface area contributed by atoms with E-state index in [0.717, 1.165) is 13.1 Å². The van der Waals surface area contributed by atoms with E-state index in [9.17, 15) is 0 Å². The summed E-state index contributed by atoms with van der Waals surface area (Å²) in [6, 6.07) is 0. The minimum absolute atomic E-state index is 0.123. The van der Waals surface area contributed by atoms with E-state index in [-0.39, 0.29) is 5.60 Å². The van der Waals surface area contributed by atoms with Gasteiger partial charge in [0.05, 0.1) is 11.7 Å². The highest BCUT2D eigenvalue weighted by atomic mass is 16.5. The molecule has 0 aromatic heterocycles. The highest BCUT2D eigenvalue weighted by molar-refractivity contribution is 4.87. The first-order valence-corrected chi connectivity index (χ1v) is 6.98. The predicted molar refractivity (Wildman–Crippen MR) is 69.7 cm³/mol. The number of hydrogen-bond acceptors (Lipinski definition) is 2. The van der Waals surface area contributed by atoms with Crippen LogP contribution in [-0.4, -0.2) is 24.8 Å². The topological polar surface area (TPSA) is 21.3 Å². The summed E-state index contributed by atoms with van der Waals surface area (Å²) in [7, 11) is 0. The number of likely N-dealkylation sites (N-methyl/N-ethyl adjacent to an activating group) is 1. The molecule has 0 heterocycles. The molecule has 1 N–H and O–H groups in total. The Kier molecular flexibility index (Phi) is 5.77. The zero-order valence-corrected chi connectivity index (χ0v) is 11.5. The quantitative estimate of drug-likeness (QED) is 0.751. The van der Waals surface area contributed by atoms with E-state index < -0.39 is 0 Å². The standard InChI is InChI=1S/C14H29NO/c1-5-15-11-14(9-7-6-8-10-14)16-13(4)12(2)3/h12-13,15H,5-11H2,1-4H3. The SMILES string of the molecule is CCNCC1(OC(C)C(C)C)CCCCC1. The molecule has 96 valence electrons. The van der Waals surface area contributed by atoms with Crippen LogP contribution in [-0.2, 0) is 4.74 Å². The fraction of sp³-hybridized carbons (Fsp3) is 1.00. The number of rotatable bonds is 6. The first kappa shape index (κ1) is 14.0. The van der Waals surface area contributed by atoms with Gasteiger partial charge in [0.2, 0.25) is 0 Å². The van der Waals surface area contributed by atoms with Crippen LogP contribution in [0.15, 0.2) is 0 Å². The molecule has 0 spiro atoms. The van der Waals surface area contributed by atoms with Crippen LogP contribution in [0.25, 0.3) is 0 Å². The molecule has 0 aromatic carbocycles. The first-order chi connectivity index (χ1) is 7.59. The summed E-state index contributed by atoms with van der Waals surface area (Å²) in [6.07, 6.45) is 6.88. The van der Waals surface area contributed by atoms with Gasteiger partial charge in [-0.15, -0.1) is 0 Å². The molecule has 1 atom stereocenters. The summed E-state index contributed by atoms with van der Waals surface area (Å²) in [5.74, 6) is 0.612. The van der Waals surface area contributed by atoms with E-state index in [1.165, 1.54) is 32.1 Å². The average molecular weight is 227 g/mol. The van der Waals surface area contributed by atoms with Gasteiger partial charge < -0.3 is 10.1 Å². The predicted octanol–water partition coefficient (Wildman–Crippen LogP) is 3.36. The second kappa shape index (κ2) is 6.61. The summed E-state index contributed by atoms with van der Waals surface area (Å²) >= 11 is 0. The van der Waals surface area contributed by atoms with Crippen LogP contribution in [0.2, 0.25) is 0 Å². The van der Waals surface area contributed by atoms with Crippen molar-refractivity contribution in [3.8, 4) is 0 Å². The van der Waals surface area contributed by atoms with E-state index >= 15 is 0 Å². The van der Waals surface area contributed by atoms with Gasteiger partial charge in [0, 0.05) is 6.54 Å². The van der Waals surface area contributed by atoms with Gasteiger partial charge in [-0.25, -0.2) is 0 Å². The lowest BCUT2D eigenvalue weighted by atomic mass is 9.84. The molecule has 0 amide bonds. The van der Waals surface area contributed by atoms with Gasteiger partial charge in [0.15, 0.2) is 0 Å². The average Bonchev–Trinajstić information content (AvgIpc) is 2.27. The Morgan fingerprint density at radius 1 is 1.12 bits per heavy atom.